The second-order valence-corrected chi connectivity index (χ2v) is 8.61. The molecule has 0 amide bonds. The van der Waals surface area contributed by atoms with E-state index in [0.717, 1.165) is 65.1 Å². The molecule has 32 heavy (non-hydrogen) atoms. The molecule has 4 heterocycles. The number of imidazole rings is 1. The van der Waals surface area contributed by atoms with Crippen molar-refractivity contribution in [3.63, 3.8) is 0 Å². The second-order valence-electron chi connectivity index (χ2n) is 8.61. The summed E-state index contributed by atoms with van der Waals surface area (Å²) in [6, 6.07) is 3.78. The van der Waals surface area contributed by atoms with Crippen molar-refractivity contribution >= 4 is 21.9 Å². The molecular weight excluding hydrogens is 408 g/mol. The number of fused-ring (bicyclic) bond motifs is 3. The standard InChI is InChI=1S/C24H28N4O4/c1-13(12-30-4)28-23-17-10-21(29)18(22-14(2)27-32-15(22)3)9-19(17)25-11-20(23)26-24(28)16-5-7-31-8-6-16/h9-11,13,16,29H,5-8,12H2,1-4H3/t13-/m1/s1. The average molecular weight is 437 g/mol. The summed E-state index contributed by atoms with van der Waals surface area (Å²) in [6.45, 7) is 7.90. The number of benzene rings is 1. The molecular formula is C24H28N4O4. The highest BCUT2D eigenvalue weighted by atomic mass is 16.5. The van der Waals surface area contributed by atoms with Crippen LogP contribution in [0.3, 0.4) is 0 Å². The van der Waals surface area contributed by atoms with E-state index in [1.54, 1.807) is 13.2 Å². The lowest BCUT2D eigenvalue weighted by Gasteiger charge is -2.25. The summed E-state index contributed by atoms with van der Waals surface area (Å²) in [5, 5.41) is 15.9. The maximum Gasteiger partial charge on any atom is 0.141 e. The highest BCUT2D eigenvalue weighted by molar-refractivity contribution is 6.05. The topological polar surface area (TPSA) is 95.4 Å². The summed E-state index contributed by atoms with van der Waals surface area (Å²) in [6.07, 6.45) is 3.70. The minimum absolute atomic E-state index is 0.0813. The Labute approximate surface area is 186 Å². The molecule has 1 fully saturated rings. The van der Waals surface area contributed by atoms with Crippen molar-refractivity contribution < 1.29 is 19.1 Å². The van der Waals surface area contributed by atoms with Crippen LogP contribution in [0.5, 0.6) is 5.75 Å². The van der Waals surface area contributed by atoms with E-state index in [-0.39, 0.29) is 11.8 Å². The molecule has 8 heteroatoms. The van der Waals surface area contributed by atoms with Crippen LogP contribution < -0.4 is 0 Å². The van der Waals surface area contributed by atoms with Crippen molar-refractivity contribution in [1.82, 2.24) is 19.7 Å². The zero-order chi connectivity index (χ0) is 22.4. The SMILES string of the molecule is COC[C@@H](C)n1c(C2CCOCC2)nc2cnc3cc(-c4c(C)noc4C)c(O)cc3c21. The molecule has 0 radical (unpaired) electrons. The second kappa shape index (κ2) is 8.18. The summed E-state index contributed by atoms with van der Waals surface area (Å²) in [5.74, 6) is 2.19. The van der Waals surface area contributed by atoms with E-state index >= 15 is 0 Å². The first kappa shape index (κ1) is 20.9. The Balaban J connectivity index is 1.76. The van der Waals surface area contributed by atoms with Crippen molar-refractivity contribution in [2.24, 2.45) is 0 Å². The monoisotopic (exact) mass is 436 g/mol. The van der Waals surface area contributed by atoms with Gasteiger partial charge in [0.1, 0.15) is 22.9 Å². The minimum atomic E-state index is 0.0813. The van der Waals surface area contributed by atoms with Crippen LogP contribution in [0.2, 0.25) is 0 Å². The molecule has 1 saturated heterocycles. The molecule has 0 aliphatic carbocycles. The fraction of sp³-hybridized carbons (Fsp3) is 0.458. The van der Waals surface area contributed by atoms with Gasteiger partial charge >= 0.3 is 0 Å². The van der Waals surface area contributed by atoms with Gasteiger partial charge in [0.25, 0.3) is 0 Å². The summed E-state index contributed by atoms with van der Waals surface area (Å²) in [4.78, 5) is 9.69. The number of hydrogen-bond acceptors (Lipinski definition) is 7. The average Bonchev–Trinajstić information content (AvgIpc) is 3.34. The fourth-order valence-corrected chi connectivity index (χ4v) is 4.90. The Morgan fingerprint density at radius 3 is 2.69 bits per heavy atom. The number of phenols is 1. The third-order valence-electron chi connectivity index (χ3n) is 6.40. The first-order valence-electron chi connectivity index (χ1n) is 11.0. The largest absolute Gasteiger partial charge is 0.507 e. The van der Waals surface area contributed by atoms with Gasteiger partial charge in [0, 0.05) is 37.2 Å². The van der Waals surface area contributed by atoms with E-state index in [4.69, 9.17) is 24.0 Å². The molecule has 0 spiro atoms. The molecule has 1 aromatic carbocycles. The summed E-state index contributed by atoms with van der Waals surface area (Å²) >= 11 is 0. The van der Waals surface area contributed by atoms with Gasteiger partial charge < -0.3 is 23.7 Å². The molecule has 5 rings (SSSR count). The van der Waals surface area contributed by atoms with Crippen LogP contribution in [0, 0.1) is 13.8 Å². The van der Waals surface area contributed by atoms with Crippen LogP contribution in [0.4, 0.5) is 0 Å². The number of pyridine rings is 1. The number of methoxy groups -OCH3 is 1. The fourth-order valence-electron chi connectivity index (χ4n) is 4.90. The lowest BCUT2D eigenvalue weighted by molar-refractivity contribution is 0.0817. The number of hydrogen-bond donors (Lipinski definition) is 1. The maximum atomic E-state index is 11.0. The summed E-state index contributed by atoms with van der Waals surface area (Å²) < 4.78 is 18.7. The number of aromatic hydroxyl groups is 1. The van der Waals surface area contributed by atoms with Gasteiger partial charge in [0.2, 0.25) is 0 Å². The Morgan fingerprint density at radius 2 is 2.00 bits per heavy atom. The van der Waals surface area contributed by atoms with E-state index in [2.05, 4.69) is 16.6 Å². The van der Waals surface area contributed by atoms with E-state index in [0.29, 0.717) is 23.8 Å². The Bertz CT molecular complexity index is 1270. The van der Waals surface area contributed by atoms with Gasteiger partial charge in [-0.3, -0.25) is 4.98 Å². The van der Waals surface area contributed by atoms with Crippen LogP contribution in [-0.4, -0.2) is 51.7 Å². The maximum absolute atomic E-state index is 11.0. The molecule has 1 aliphatic rings. The first-order chi connectivity index (χ1) is 15.5. The Hall–Kier alpha value is -2.97. The molecule has 0 bridgehead atoms. The molecule has 4 aromatic rings. The van der Waals surface area contributed by atoms with E-state index in [9.17, 15) is 5.11 Å². The lowest BCUT2D eigenvalue weighted by atomic mass is 9.99. The van der Waals surface area contributed by atoms with Crippen molar-refractivity contribution in [3.05, 3.63) is 35.6 Å². The van der Waals surface area contributed by atoms with Gasteiger partial charge in [0.15, 0.2) is 0 Å². The number of phenolic OH excluding ortho intramolecular Hbond substituents is 1. The van der Waals surface area contributed by atoms with Gasteiger partial charge in [0.05, 0.1) is 41.1 Å². The van der Waals surface area contributed by atoms with Crippen LogP contribution >= 0.6 is 0 Å². The van der Waals surface area contributed by atoms with Crippen molar-refractivity contribution in [3.8, 4) is 16.9 Å². The molecule has 0 unspecified atom stereocenters. The molecule has 168 valence electrons. The summed E-state index contributed by atoms with van der Waals surface area (Å²) in [7, 11) is 1.71. The van der Waals surface area contributed by atoms with Gasteiger partial charge in [-0.25, -0.2) is 4.98 Å². The van der Waals surface area contributed by atoms with Gasteiger partial charge in [-0.2, -0.15) is 0 Å². The van der Waals surface area contributed by atoms with E-state index < -0.39 is 0 Å². The van der Waals surface area contributed by atoms with E-state index in [1.165, 1.54) is 0 Å². The van der Waals surface area contributed by atoms with E-state index in [1.807, 2.05) is 26.1 Å². The molecule has 8 nitrogen and oxygen atoms in total. The van der Waals surface area contributed by atoms with Crippen molar-refractivity contribution in [2.75, 3.05) is 26.9 Å². The molecule has 1 aliphatic heterocycles. The number of ether oxygens (including phenoxy) is 2. The minimum Gasteiger partial charge on any atom is -0.507 e. The quantitative estimate of drug-likeness (QED) is 0.486. The van der Waals surface area contributed by atoms with Crippen LogP contribution in [0.1, 0.15) is 49.0 Å². The Morgan fingerprint density at radius 1 is 1.22 bits per heavy atom. The normalized spacial score (nSPS) is 16.2. The molecule has 1 N–H and O–H groups in total. The number of nitrogens with zero attached hydrogens (tertiary/aromatic N) is 4. The number of aryl methyl sites for hydroxylation is 2. The van der Waals surface area contributed by atoms with Crippen molar-refractivity contribution in [2.45, 2.75) is 45.6 Å². The number of rotatable bonds is 5. The zero-order valence-electron chi connectivity index (χ0n) is 18.9. The number of aromatic nitrogens is 4. The summed E-state index contributed by atoms with van der Waals surface area (Å²) in [5.41, 5.74) is 4.79. The zero-order valence-corrected chi connectivity index (χ0v) is 18.9. The first-order valence-corrected chi connectivity index (χ1v) is 11.0. The van der Waals surface area contributed by atoms with Crippen LogP contribution in [0.15, 0.2) is 22.9 Å². The highest BCUT2D eigenvalue weighted by Crippen LogP contribution is 2.40. The molecule has 3 aromatic heterocycles. The highest BCUT2D eigenvalue weighted by Gasteiger charge is 2.27. The third-order valence-corrected chi connectivity index (χ3v) is 6.40. The van der Waals surface area contributed by atoms with Gasteiger partial charge in [-0.1, -0.05) is 5.16 Å². The predicted octanol–water partition coefficient (Wildman–Crippen LogP) is 4.66. The Kier molecular flexibility index (Phi) is 5.35. The molecule has 0 saturated carbocycles. The predicted molar refractivity (Wildman–Crippen MR) is 121 cm³/mol. The lowest BCUT2D eigenvalue weighted by Crippen LogP contribution is -2.21. The smallest absolute Gasteiger partial charge is 0.141 e. The molecule has 1 atom stereocenters. The third kappa shape index (κ3) is 3.34. The van der Waals surface area contributed by atoms with Crippen LogP contribution in [-0.2, 0) is 9.47 Å². The van der Waals surface area contributed by atoms with Crippen LogP contribution in [0.25, 0.3) is 33.1 Å². The van der Waals surface area contributed by atoms with Crippen molar-refractivity contribution in [1.29, 1.82) is 0 Å². The van der Waals surface area contributed by atoms with Gasteiger partial charge in [-0.05, 0) is 45.7 Å². The van der Waals surface area contributed by atoms with Gasteiger partial charge in [-0.15, -0.1) is 0 Å².